The van der Waals surface area contributed by atoms with Crippen LogP contribution in [0.3, 0.4) is 0 Å². The first-order chi connectivity index (χ1) is 10.5. The summed E-state index contributed by atoms with van der Waals surface area (Å²) in [6.45, 7) is 0. The SMILES string of the molecule is Nc1ccc2c(c1)CCCC2NS(=O)(=O)c1cncc(Br)c1. The molecule has 1 aliphatic carbocycles. The quantitative estimate of drug-likeness (QED) is 0.800. The molecule has 1 aromatic carbocycles. The van der Waals surface area contributed by atoms with Crippen molar-refractivity contribution in [3.8, 4) is 0 Å². The van der Waals surface area contributed by atoms with Gasteiger partial charge in [-0.3, -0.25) is 4.98 Å². The molecule has 116 valence electrons. The minimum absolute atomic E-state index is 0.157. The zero-order valence-corrected chi connectivity index (χ0v) is 14.2. The zero-order chi connectivity index (χ0) is 15.7. The van der Waals surface area contributed by atoms with Crippen LogP contribution in [0.25, 0.3) is 0 Å². The van der Waals surface area contributed by atoms with Gasteiger partial charge in [0.25, 0.3) is 0 Å². The van der Waals surface area contributed by atoms with Crippen molar-refractivity contribution in [3.05, 3.63) is 52.3 Å². The highest BCUT2D eigenvalue weighted by Gasteiger charge is 2.26. The zero-order valence-electron chi connectivity index (χ0n) is 11.8. The fourth-order valence-corrected chi connectivity index (χ4v) is 4.50. The molecular weight excluding hydrogens is 366 g/mol. The van der Waals surface area contributed by atoms with E-state index in [2.05, 4.69) is 25.6 Å². The third kappa shape index (κ3) is 3.16. The molecular formula is C15H16BrN3O2S. The van der Waals surface area contributed by atoms with Crippen molar-refractivity contribution >= 4 is 31.6 Å². The Balaban J connectivity index is 1.91. The van der Waals surface area contributed by atoms with Crippen LogP contribution in [-0.4, -0.2) is 13.4 Å². The molecule has 0 fully saturated rings. The second-order valence-corrected chi connectivity index (χ2v) is 7.99. The molecule has 5 nitrogen and oxygen atoms in total. The molecule has 3 N–H and O–H groups in total. The second kappa shape index (κ2) is 5.98. The monoisotopic (exact) mass is 381 g/mol. The highest BCUT2D eigenvalue weighted by molar-refractivity contribution is 9.10. The first-order valence-corrected chi connectivity index (χ1v) is 9.24. The van der Waals surface area contributed by atoms with Gasteiger partial charge in [0.2, 0.25) is 10.0 Å². The summed E-state index contributed by atoms with van der Waals surface area (Å²) in [7, 11) is -3.61. The number of nitrogens with two attached hydrogens (primary N) is 1. The Labute approximate surface area is 138 Å². The van der Waals surface area contributed by atoms with Crippen molar-refractivity contribution in [1.82, 2.24) is 9.71 Å². The molecule has 7 heteroatoms. The first kappa shape index (κ1) is 15.5. The number of aryl methyl sites for hydroxylation is 1. The van der Waals surface area contributed by atoms with E-state index in [0.29, 0.717) is 10.2 Å². The van der Waals surface area contributed by atoms with Gasteiger partial charge < -0.3 is 5.73 Å². The average molecular weight is 382 g/mol. The van der Waals surface area contributed by atoms with Gasteiger partial charge in [-0.25, -0.2) is 13.1 Å². The normalized spacial score (nSPS) is 18.0. The van der Waals surface area contributed by atoms with Crippen LogP contribution >= 0.6 is 15.9 Å². The number of benzene rings is 1. The predicted octanol–water partition coefficient (Wildman–Crippen LogP) is 2.78. The number of nitrogen functional groups attached to an aromatic ring is 1. The Morgan fingerprint density at radius 1 is 1.27 bits per heavy atom. The van der Waals surface area contributed by atoms with Gasteiger partial charge in [-0.2, -0.15) is 0 Å². The molecule has 2 aromatic rings. The number of hydrogen-bond donors (Lipinski definition) is 2. The number of rotatable bonds is 3. The number of pyridine rings is 1. The standard InChI is InChI=1S/C15H16BrN3O2S/c16-11-7-13(9-18-8-11)22(20,21)19-15-3-1-2-10-6-12(17)4-5-14(10)15/h4-9,15,19H,1-3,17H2. The van der Waals surface area contributed by atoms with Gasteiger partial charge in [-0.05, 0) is 64.5 Å². The summed E-state index contributed by atoms with van der Waals surface area (Å²) in [6, 6.07) is 6.97. The molecule has 1 atom stereocenters. The first-order valence-electron chi connectivity index (χ1n) is 6.97. The third-order valence-corrected chi connectivity index (χ3v) is 5.64. The van der Waals surface area contributed by atoms with Crippen molar-refractivity contribution in [2.24, 2.45) is 0 Å². The van der Waals surface area contributed by atoms with E-state index in [0.717, 1.165) is 30.4 Å². The number of halogens is 1. The van der Waals surface area contributed by atoms with Gasteiger partial charge >= 0.3 is 0 Å². The summed E-state index contributed by atoms with van der Waals surface area (Å²) in [6.07, 6.45) is 5.53. The van der Waals surface area contributed by atoms with Crippen LogP contribution < -0.4 is 10.5 Å². The van der Waals surface area contributed by atoms with Gasteiger partial charge in [0.05, 0.1) is 0 Å². The molecule has 0 bridgehead atoms. The Morgan fingerprint density at radius 3 is 2.86 bits per heavy atom. The Morgan fingerprint density at radius 2 is 2.09 bits per heavy atom. The Hall–Kier alpha value is -1.44. The summed E-state index contributed by atoms with van der Waals surface area (Å²) in [4.78, 5) is 4.07. The molecule has 0 aliphatic heterocycles. The van der Waals surface area contributed by atoms with Gasteiger partial charge in [0, 0.05) is 28.6 Å². The van der Waals surface area contributed by atoms with Gasteiger partial charge in [0.15, 0.2) is 0 Å². The van der Waals surface area contributed by atoms with Crippen molar-refractivity contribution in [3.63, 3.8) is 0 Å². The fourth-order valence-electron chi connectivity index (χ4n) is 2.75. The second-order valence-electron chi connectivity index (χ2n) is 5.36. The average Bonchev–Trinajstić information content (AvgIpc) is 2.47. The van der Waals surface area contributed by atoms with Crippen LogP contribution in [0.5, 0.6) is 0 Å². The van der Waals surface area contributed by atoms with E-state index in [1.165, 1.54) is 6.20 Å². The predicted molar refractivity (Wildman–Crippen MR) is 88.8 cm³/mol. The molecule has 1 heterocycles. The summed E-state index contributed by atoms with van der Waals surface area (Å²) in [5.41, 5.74) is 8.64. The van der Waals surface area contributed by atoms with Crippen molar-refractivity contribution in [2.45, 2.75) is 30.2 Å². The van der Waals surface area contributed by atoms with Crippen LogP contribution in [0.4, 0.5) is 5.69 Å². The smallest absolute Gasteiger partial charge is 0.242 e. The number of hydrogen-bond acceptors (Lipinski definition) is 4. The van der Waals surface area contributed by atoms with Gasteiger partial charge in [-0.15, -0.1) is 0 Å². The molecule has 0 spiro atoms. The highest BCUT2D eigenvalue weighted by Crippen LogP contribution is 2.32. The van der Waals surface area contributed by atoms with E-state index >= 15 is 0 Å². The largest absolute Gasteiger partial charge is 0.399 e. The lowest BCUT2D eigenvalue weighted by atomic mass is 9.88. The minimum Gasteiger partial charge on any atom is -0.399 e. The van der Waals surface area contributed by atoms with Crippen LogP contribution in [-0.2, 0) is 16.4 Å². The number of aromatic nitrogens is 1. The van der Waals surface area contributed by atoms with E-state index in [1.54, 1.807) is 12.3 Å². The van der Waals surface area contributed by atoms with Crippen LogP contribution in [0.1, 0.15) is 30.0 Å². The number of fused-ring (bicyclic) bond motifs is 1. The molecule has 1 unspecified atom stereocenters. The maximum Gasteiger partial charge on any atom is 0.242 e. The third-order valence-electron chi connectivity index (χ3n) is 3.77. The lowest BCUT2D eigenvalue weighted by Gasteiger charge is -2.26. The summed E-state index contributed by atoms with van der Waals surface area (Å²) < 4.78 is 28.5. The molecule has 3 rings (SSSR count). The molecule has 22 heavy (non-hydrogen) atoms. The van der Waals surface area contributed by atoms with E-state index in [1.807, 2.05) is 18.2 Å². The number of sulfonamides is 1. The summed E-state index contributed by atoms with van der Waals surface area (Å²) in [5, 5.41) is 0. The lowest BCUT2D eigenvalue weighted by molar-refractivity contribution is 0.507. The summed E-state index contributed by atoms with van der Waals surface area (Å²) in [5.74, 6) is 0. The van der Waals surface area contributed by atoms with E-state index < -0.39 is 10.0 Å². The van der Waals surface area contributed by atoms with E-state index in [4.69, 9.17) is 5.73 Å². The molecule has 0 radical (unpaired) electrons. The van der Waals surface area contributed by atoms with Crippen LogP contribution in [0.15, 0.2) is 46.0 Å². The lowest BCUT2D eigenvalue weighted by Crippen LogP contribution is -2.31. The van der Waals surface area contributed by atoms with E-state index in [-0.39, 0.29) is 10.9 Å². The molecule has 0 amide bonds. The highest BCUT2D eigenvalue weighted by atomic mass is 79.9. The Bertz CT molecular complexity index is 808. The van der Waals surface area contributed by atoms with E-state index in [9.17, 15) is 8.42 Å². The topological polar surface area (TPSA) is 85.1 Å². The van der Waals surface area contributed by atoms with Crippen molar-refractivity contribution in [1.29, 1.82) is 0 Å². The molecule has 0 saturated carbocycles. The number of anilines is 1. The number of nitrogens with one attached hydrogen (secondary N) is 1. The molecule has 1 aromatic heterocycles. The van der Waals surface area contributed by atoms with Crippen molar-refractivity contribution < 1.29 is 8.42 Å². The summed E-state index contributed by atoms with van der Waals surface area (Å²) >= 11 is 3.24. The maximum absolute atomic E-state index is 12.5. The van der Waals surface area contributed by atoms with Gasteiger partial charge in [-0.1, -0.05) is 6.07 Å². The Kier molecular flexibility index (Phi) is 4.20. The van der Waals surface area contributed by atoms with Gasteiger partial charge in [0.1, 0.15) is 4.90 Å². The molecule has 1 aliphatic rings. The minimum atomic E-state index is -3.61. The van der Waals surface area contributed by atoms with Crippen LogP contribution in [0.2, 0.25) is 0 Å². The molecule has 0 saturated heterocycles. The number of nitrogens with zero attached hydrogens (tertiary/aromatic N) is 1. The fraction of sp³-hybridized carbons (Fsp3) is 0.267. The van der Waals surface area contributed by atoms with Crippen LogP contribution in [0, 0.1) is 0 Å². The maximum atomic E-state index is 12.5. The van der Waals surface area contributed by atoms with Crippen molar-refractivity contribution in [2.75, 3.05) is 5.73 Å².